The minimum atomic E-state index is -0.503. The standard InChI is InChI=1S/C23H44N4O5/c1-18(16-19-17-30-15-14-27(19)21(29)32-23(5,6)7)24-8-9-25-10-12-26(13-11-25)20(28)31-22(2,3)4/h18-19,24H,8-17H2,1-7H3. The first-order valence-electron chi connectivity index (χ1n) is 11.8. The molecule has 2 rings (SSSR count). The van der Waals surface area contributed by atoms with E-state index in [4.69, 9.17) is 14.2 Å². The molecule has 1 N–H and O–H groups in total. The minimum absolute atomic E-state index is 0.0125. The van der Waals surface area contributed by atoms with E-state index in [9.17, 15) is 9.59 Å². The molecule has 0 aromatic heterocycles. The van der Waals surface area contributed by atoms with Gasteiger partial charge in [0.15, 0.2) is 0 Å². The summed E-state index contributed by atoms with van der Waals surface area (Å²) in [6, 6.07) is 0.258. The van der Waals surface area contributed by atoms with Crippen molar-refractivity contribution in [1.82, 2.24) is 20.0 Å². The number of ether oxygens (including phenoxy) is 3. The molecule has 2 aliphatic heterocycles. The Morgan fingerprint density at radius 2 is 1.56 bits per heavy atom. The Bertz CT molecular complexity index is 608. The summed E-state index contributed by atoms with van der Waals surface area (Å²) < 4.78 is 16.7. The summed E-state index contributed by atoms with van der Waals surface area (Å²) in [5.41, 5.74) is -0.964. The third kappa shape index (κ3) is 9.50. The van der Waals surface area contributed by atoms with Crippen LogP contribution in [0.2, 0.25) is 0 Å². The Kier molecular flexibility index (Phi) is 9.60. The largest absolute Gasteiger partial charge is 0.444 e. The Morgan fingerprint density at radius 3 is 2.16 bits per heavy atom. The average Bonchev–Trinajstić information content (AvgIpc) is 2.66. The number of piperazine rings is 1. The fourth-order valence-electron chi connectivity index (χ4n) is 3.85. The molecular formula is C23H44N4O5. The van der Waals surface area contributed by atoms with Crippen molar-refractivity contribution in [3.8, 4) is 0 Å². The number of morpholine rings is 1. The molecule has 0 radical (unpaired) electrons. The predicted octanol–water partition coefficient (Wildman–Crippen LogP) is 2.54. The van der Waals surface area contributed by atoms with Crippen molar-refractivity contribution in [1.29, 1.82) is 0 Å². The summed E-state index contributed by atoms with van der Waals surface area (Å²) >= 11 is 0. The van der Waals surface area contributed by atoms with Crippen LogP contribution >= 0.6 is 0 Å². The van der Waals surface area contributed by atoms with Gasteiger partial charge in [-0.2, -0.15) is 0 Å². The van der Waals surface area contributed by atoms with Gasteiger partial charge in [0, 0.05) is 51.9 Å². The lowest BCUT2D eigenvalue weighted by Crippen LogP contribution is -2.53. The number of nitrogens with one attached hydrogen (secondary N) is 1. The van der Waals surface area contributed by atoms with Gasteiger partial charge in [-0.25, -0.2) is 9.59 Å². The van der Waals surface area contributed by atoms with E-state index >= 15 is 0 Å². The molecule has 2 aliphatic rings. The molecule has 2 saturated heterocycles. The zero-order chi connectivity index (χ0) is 23.9. The van der Waals surface area contributed by atoms with E-state index < -0.39 is 11.2 Å². The molecule has 0 aromatic rings. The number of hydrogen-bond donors (Lipinski definition) is 1. The highest BCUT2D eigenvalue weighted by molar-refractivity contribution is 5.69. The molecule has 2 unspecified atom stereocenters. The number of carbonyl (C=O) groups is 2. The van der Waals surface area contributed by atoms with Crippen LogP contribution in [0.5, 0.6) is 0 Å². The second kappa shape index (κ2) is 11.5. The number of carbonyl (C=O) groups excluding carboxylic acids is 2. The van der Waals surface area contributed by atoms with E-state index in [2.05, 4.69) is 17.1 Å². The van der Waals surface area contributed by atoms with Crippen LogP contribution < -0.4 is 5.32 Å². The minimum Gasteiger partial charge on any atom is -0.444 e. The molecule has 0 spiro atoms. The molecule has 32 heavy (non-hydrogen) atoms. The smallest absolute Gasteiger partial charge is 0.410 e. The van der Waals surface area contributed by atoms with E-state index in [1.165, 1.54) is 0 Å². The third-order valence-corrected chi connectivity index (χ3v) is 5.43. The highest BCUT2D eigenvalue weighted by atomic mass is 16.6. The van der Waals surface area contributed by atoms with E-state index in [1.54, 1.807) is 4.90 Å². The maximum Gasteiger partial charge on any atom is 0.410 e. The van der Waals surface area contributed by atoms with Gasteiger partial charge in [-0.05, 0) is 54.9 Å². The van der Waals surface area contributed by atoms with E-state index in [0.29, 0.717) is 32.8 Å². The summed E-state index contributed by atoms with van der Waals surface area (Å²) in [4.78, 5) is 30.7. The fourth-order valence-corrected chi connectivity index (χ4v) is 3.85. The van der Waals surface area contributed by atoms with E-state index in [-0.39, 0.29) is 24.3 Å². The normalized spacial score (nSPS) is 21.9. The van der Waals surface area contributed by atoms with Gasteiger partial charge < -0.3 is 29.3 Å². The van der Waals surface area contributed by atoms with Gasteiger partial charge in [0.1, 0.15) is 11.2 Å². The zero-order valence-electron chi connectivity index (χ0n) is 21.1. The van der Waals surface area contributed by atoms with Gasteiger partial charge in [0.2, 0.25) is 0 Å². The zero-order valence-corrected chi connectivity index (χ0v) is 21.1. The Balaban J connectivity index is 1.69. The van der Waals surface area contributed by atoms with Gasteiger partial charge >= 0.3 is 12.2 Å². The molecule has 0 bridgehead atoms. The average molecular weight is 457 g/mol. The number of rotatable bonds is 6. The van der Waals surface area contributed by atoms with Crippen LogP contribution in [-0.4, -0.2) is 109 Å². The van der Waals surface area contributed by atoms with Crippen molar-refractivity contribution in [2.75, 3.05) is 59.0 Å². The maximum atomic E-state index is 12.6. The number of nitrogens with zero attached hydrogens (tertiary/aromatic N) is 3. The summed E-state index contributed by atoms with van der Waals surface area (Å²) in [7, 11) is 0. The van der Waals surface area contributed by atoms with Crippen LogP contribution in [0.1, 0.15) is 54.9 Å². The molecule has 2 fully saturated rings. The van der Waals surface area contributed by atoms with Crippen molar-refractivity contribution in [3.05, 3.63) is 0 Å². The summed E-state index contributed by atoms with van der Waals surface area (Å²) in [6.45, 7) is 20.0. The monoisotopic (exact) mass is 456 g/mol. The molecule has 0 saturated carbocycles. The predicted molar refractivity (Wildman–Crippen MR) is 124 cm³/mol. The van der Waals surface area contributed by atoms with Crippen molar-refractivity contribution in [2.24, 2.45) is 0 Å². The van der Waals surface area contributed by atoms with Crippen LogP contribution in [0.25, 0.3) is 0 Å². The lowest BCUT2D eigenvalue weighted by Gasteiger charge is -2.38. The van der Waals surface area contributed by atoms with Crippen LogP contribution in [0.4, 0.5) is 9.59 Å². The molecule has 0 aliphatic carbocycles. The molecule has 2 atom stereocenters. The van der Waals surface area contributed by atoms with Crippen molar-refractivity contribution in [2.45, 2.75) is 78.2 Å². The van der Waals surface area contributed by atoms with Crippen LogP contribution in [0.3, 0.4) is 0 Å². The molecule has 0 aromatic carbocycles. The summed E-state index contributed by atoms with van der Waals surface area (Å²) in [5, 5.41) is 3.57. The fraction of sp³-hybridized carbons (Fsp3) is 0.913. The number of hydrogen-bond acceptors (Lipinski definition) is 7. The summed E-state index contributed by atoms with van der Waals surface area (Å²) in [6.07, 6.45) is 0.320. The van der Waals surface area contributed by atoms with Crippen molar-refractivity contribution >= 4 is 12.2 Å². The SMILES string of the molecule is CC(CC1COCCN1C(=O)OC(C)(C)C)NCCN1CCN(C(=O)OC(C)(C)C)CC1. The van der Waals surface area contributed by atoms with Gasteiger partial charge in [-0.1, -0.05) is 0 Å². The number of amides is 2. The Morgan fingerprint density at radius 1 is 0.969 bits per heavy atom. The Hall–Kier alpha value is -1.58. The molecule has 9 heteroatoms. The molecule has 186 valence electrons. The third-order valence-electron chi connectivity index (χ3n) is 5.43. The van der Waals surface area contributed by atoms with Gasteiger partial charge in [0.05, 0.1) is 19.3 Å². The quantitative estimate of drug-likeness (QED) is 0.658. The van der Waals surface area contributed by atoms with E-state index in [1.807, 2.05) is 46.4 Å². The maximum absolute atomic E-state index is 12.6. The first-order chi connectivity index (χ1) is 14.8. The lowest BCUT2D eigenvalue weighted by molar-refractivity contribution is -0.0356. The first kappa shape index (κ1) is 26.7. The van der Waals surface area contributed by atoms with Crippen LogP contribution in [0, 0.1) is 0 Å². The lowest BCUT2D eigenvalue weighted by atomic mass is 10.1. The highest BCUT2D eigenvalue weighted by Gasteiger charge is 2.32. The second-order valence-electron chi connectivity index (χ2n) is 10.8. The van der Waals surface area contributed by atoms with Crippen molar-refractivity contribution in [3.63, 3.8) is 0 Å². The second-order valence-corrected chi connectivity index (χ2v) is 10.8. The van der Waals surface area contributed by atoms with Gasteiger partial charge in [-0.15, -0.1) is 0 Å². The summed E-state index contributed by atoms with van der Waals surface area (Å²) in [5.74, 6) is 0. The highest BCUT2D eigenvalue weighted by Crippen LogP contribution is 2.18. The first-order valence-corrected chi connectivity index (χ1v) is 11.8. The molecule has 2 heterocycles. The Labute approximate surface area is 193 Å². The topological polar surface area (TPSA) is 83.6 Å². The van der Waals surface area contributed by atoms with Gasteiger partial charge in [0.25, 0.3) is 0 Å². The van der Waals surface area contributed by atoms with Gasteiger partial charge in [-0.3, -0.25) is 4.90 Å². The van der Waals surface area contributed by atoms with Crippen LogP contribution in [0.15, 0.2) is 0 Å². The van der Waals surface area contributed by atoms with Crippen molar-refractivity contribution < 1.29 is 23.8 Å². The molecule has 9 nitrogen and oxygen atoms in total. The van der Waals surface area contributed by atoms with E-state index in [0.717, 1.165) is 32.6 Å². The molecular weight excluding hydrogens is 412 g/mol. The van der Waals surface area contributed by atoms with Crippen LogP contribution in [-0.2, 0) is 14.2 Å². The molecule has 2 amide bonds.